The third-order valence-electron chi connectivity index (χ3n) is 9.38. The van der Waals surface area contributed by atoms with Gasteiger partial charge in [-0.05, 0) is 56.2 Å². The van der Waals surface area contributed by atoms with Crippen LogP contribution in [-0.4, -0.2) is 19.1 Å². The Balaban J connectivity index is 1.46. The number of nitrogens with zero attached hydrogens (tertiary/aromatic N) is 4. The van der Waals surface area contributed by atoms with Gasteiger partial charge in [-0.3, -0.25) is 4.57 Å². The van der Waals surface area contributed by atoms with E-state index in [2.05, 4.69) is 157 Å². The minimum atomic E-state index is 0.656. The largest absolute Gasteiger partial charge is 0.309 e. The SMILES string of the molecule is Cc1cc(C)c(-n2c3ccccc3c3c2ccc2c4ccccc4n(-c4nc(-c5ccccc5)cc(-c5ccccc5)n4)c23)c(C)c1. The lowest BCUT2D eigenvalue weighted by Crippen LogP contribution is -2.04. The van der Waals surface area contributed by atoms with Gasteiger partial charge in [0.2, 0.25) is 5.95 Å². The second kappa shape index (κ2) is 10.5. The molecule has 0 saturated carbocycles. The molecule has 4 heteroatoms. The maximum atomic E-state index is 5.31. The van der Waals surface area contributed by atoms with Crippen molar-refractivity contribution >= 4 is 43.6 Å². The summed E-state index contributed by atoms with van der Waals surface area (Å²) in [6.07, 6.45) is 0. The zero-order valence-electron chi connectivity index (χ0n) is 26.6. The first kappa shape index (κ1) is 27.3. The monoisotopic (exact) mass is 604 g/mol. The molecule has 0 aliphatic rings. The molecule has 0 bridgehead atoms. The normalized spacial score (nSPS) is 11.7. The van der Waals surface area contributed by atoms with Gasteiger partial charge in [-0.2, -0.15) is 0 Å². The summed E-state index contributed by atoms with van der Waals surface area (Å²) in [6.45, 7) is 6.61. The molecule has 6 aromatic carbocycles. The molecule has 0 unspecified atom stereocenters. The highest BCUT2D eigenvalue weighted by atomic mass is 15.2. The minimum absolute atomic E-state index is 0.656. The summed E-state index contributed by atoms with van der Waals surface area (Å²) in [6, 6.07) is 49.5. The van der Waals surface area contributed by atoms with Gasteiger partial charge in [-0.25, -0.2) is 9.97 Å². The zero-order chi connectivity index (χ0) is 31.6. The zero-order valence-corrected chi connectivity index (χ0v) is 26.6. The molecule has 0 saturated heterocycles. The fourth-order valence-electron chi connectivity index (χ4n) is 7.53. The highest BCUT2D eigenvalue weighted by Gasteiger charge is 2.23. The number of para-hydroxylation sites is 2. The standard InChI is InChI=1S/C43H32N4/c1-27-24-28(2)41(29(3)25-27)46-38-21-13-11-19-34(38)40-39(46)23-22-33-32-18-10-12-20-37(32)47(42(33)40)43-44-35(30-14-6-4-7-15-30)26-36(45-43)31-16-8-5-9-17-31/h4-26H,1-3H3. The predicted molar refractivity (Wildman–Crippen MR) is 196 cm³/mol. The van der Waals surface area contributed by atoms with Crippen molar-refractivity contribution in [2.75, 3.05) is 0 Å². The maximum absolute atomic E-state index is 5.31. The van der Waals surface area contributed by atoms with Gasteiger partial charge < -0.3 is 4.57 Å². The van der Waals surface area contributed by atoms with E-state index >= 15 is 0 Å². The third kappa shape index (κ3) is 4.22. The summed E-state index contributed by atoms with van der Waals surface area (Å²) in [5.41, 5.74) is 13.5. The summed E-state index contributed by atoms with van der Waals surface area (Å²) in [5, 5.41) is 4.77. The van der Waals surface area contributed by atoms with E-state index in [1.165, 1.54) is 55.0 Å². The second-order valence-corrected chi connectivity index (χ2v) is 12.5. The average Bonchev–Trinajstić information content (AvgIpc) is 3.62. The first-order valence-corrected chi connectivity index (χ1v) is 16.1. The molecule has 0 fully saturated rings. The van der Waals surface area contributed by atoms with Gasteiger partial charge >= 0.3 is 0 Å². The number of hydrogen-bond donors (Lipinski definition) is 0. The van der Waals surface area contributed by atoms with Crippen LogP contribution < -0.4 is 0 Å². The van der Waals surface area contributed by atoms with E-state index in [0.29, 0.717) is 5.95 Å². The molecule has 47 heavy (non-hydrogen) atoms. The summed E-state index contributed by atoms with van der Waals surface area (Å²) >= 11 is 0. The maximum Gasteiger partial charge on any atom is 0.235 e. The van der Waals surface area contributed by atoms with Gasteiger partial charge in [0.15, 0.2) is 0 Å². The molecule has 0 aliphatic heterocycles. The van der Waals surface area contributed by atoms with E-state index in [1.807, 2.05) is 12.1 Å². The van der Waals surface area contributed by atoms with Gasteiger partial charge in [0.1, 0.15) is 0 Å². The van der Waals surface area contributed by atoms with Crippen LogP contribution in [0.3, 0.4) is 0 Å². The molecule has 224 valence electrons. The van der Waals surface area contributed by atoms with E-state index in [1.54, 1.807) is 0 Å². The lowest BCUT2D eigenvalue weighted by Gasteiger charge is -2.15. The smallest absolute Gasteiger partial charge is 0.235 e. The van der Waals surface area contributed by atoms with Crippen molar-refractivity contribution in [2.45, 2.75) is 20.8 Å². The Morgan fingerprint density at radius 2 is 0.979 bits per heavy atom. The molecule has 0 amide bonds. The van der Waals surface area contributed by atoms with Crippen molar-refractivity contribution in [3.8, 4) is 34.2 Å². The molecule has 0 atom stereocenters. The molecule has 3 heterocycles. The summed E-state index contributed by atoms with van der Waals surface area (Å²) in [4.78, 5) is 10.6. The highest BCUT2D eigenvalue weighted by molar-refractivity contribution is 6.26. The number of aromatic nitrogens is 4. The van der Waals surface area contributed by atoms with E-state index in [0.717, 1.165) is 33.5 Å². The average molecular weight is 605 g/mol. The van der Waals surface area contributed by atoms with Crippen molar-refractivity contribution in [3.05, 3.63) is 156 Å². The van der Waals surface area contributed by atoms with Gasteiger partial charge in [-0.1, -0.05) is 121 Å². The van der Waals surface area contributed by atoms with Crippen LogP contribution in [0.2, 0.25) is 0 Å². The lowest BCUT2D eigenvalue weighted by molar-refractivity contribution is 0.998. The van der Waals surface area contributed by atoms with Crippen LogP contribution in [0.15, 0.2) is 140 Å². The van der Waals surface area contributed by atoms with Crippen molar-refractivity contribution in [1.29, 1.82) is 0 Å². The van der Waals surface area contributed by atoms with Crippen LogP contribution in [0.1, 0.15) is 16.7 Å². The van der Waals surface area contributed by atoms with Crippen LogP contribution in [0.25, 0.3) is 77.8 Å². The van der Waals surface area contributed by atoms with Crippen molar-refractivity contribution < 1.29 is 0 Å². The van der Waals surface area contributed by atoms with E-state index < -0.39 is 0 Å². The van der Waals surface area contributed by atoms with Crippen molar-refractivity contribution in [1.82, 2.24) is 19.1 Å². The van der Waals surface area contributed by atoms with Crippen molar-refractivity contribution in [2.24, 2.45) is 0 Å². The predicted octanol–water partition coefficient (Wildman–Crippen LogP) is 10.9. The van der Waals surface area contributed by atoms with Crippen LogP contribution in [0.4, 0.5) is 0 Å². The Morgan fingerprint density at radius 1 is 0.447 bits per heavy atom. The fourth-order valence-corrected chi connectivity index (χ4v) is 7.53. The quantitative estimate of drug-likeness (QED) is 0.200. The second-order valence-electron chi connectivity index (χ2n) is 12.5. The van der Waals surface area contributed by atoms with E-state index in [-0.39, 0.29) is 0 Å². The Morgan fingerprint density at radius 3 is 1.60 bits per heavy atom. The fraction of sp³-hybridized carbons (Fsp3) is 0.0698. The molecule has 9 rings (SSSR count). The molecule has 4 nitrogen and oxygen atoms in total. The number of hydrogen-bond acceptors (Lipinski definition) is 2. The minimum Gasteiger partial charge on any atom is -0.309 e. The van der Waals surface area contributed by atoms with E-state index in [4.69, 9.17) is 9.97 Å². The van der Waals surface area contributed by atoms with Crippen molar-refractivity contribution in [3.63, 3.8) is 0 Å². The topological polar surface area (TPSA) is 35.6 Å². The highest BCUT2D eigenvalue weighted by Crippen LogP contribution is 2.42. The first-order chi connectivity index (χ1) is 23.1. The molecular formula is C43H32N4. The van der Waals surface area contributed by atoms with Gasteiger partial charge in [0, 0.05) is 32.7 Å². The number of fused-ring (bicyclic) bond motifs is 7. The van der Waals surface area contributed by atoms with Crippen LogP contribution in [-0.2, 0) is 0 Å². The molecule has 0 radical (unpaired) electrons. The Hall–Kier alpha value is -6.00. The summed E-state index contributed by atoms with van der Waals surface area (Å²) < 4.78 is 4.74. The van der Waals surface area contributed by atoms with E-state index in [9.17, 15) is 0 Å². The number of aryl methyl sites for hydroxylation is 3. The van der Waals surface area contributed by atoms with Gasteiger partial charge in [-0.15, -0.1) is 0 Å². The van der Waals surface area contributed by atoms with Gasteiger partial charge in [0.25, 0.3) is 0 Å². The van der Waals surface area contributed by atoms with Crippen LogP contribution in [0.5, 0.6) is 0 Å². The number of rotatable bonds is 4. The Labute approximate surface area is 273 Å². The Kier molecular flexibility index (Phi) is 6.12. The van der Waals surface area contributed by atoms with Crippen LogP contribution >= 0.6 is 0 Å². The number of benzene rings is 6. The molecule has 0 N–H and O–H groups in total. The molecule has 9 aromatic rings. The third-order valence-corrected chi connectivity index (χ3v) is 9.38. The molecular weight excluding hydrogens is 573 g/mol. The lowest BCUT2D eigenvalue weighted by atomic mass is 10.0. The Bertz CT molecular complexity index is 2560. The molecule has 3 aromatic heterocycles. The summed E-state index contributed by atoms with van der Waals surface area (Å²) in [7, 11) is 0. The van der Waals surface area contributed by atoms with Gasteiger partial charge in [0.05, 0.1) is 39.1 Å². The summed E-state index contributed by atoms with van der Waals surface area (Å²) in [5.74, 6) is 0.656. The first-order valence-electron chi connectivity index (χ1n) is 16.1. The van der Waals surface area contributed by atoms with Crippen LogP contribution in [0, 0.1) is 20.8 Å². The molecule has 0 aliphatic carbocycles. The molecule has 0 spiro atoms.